The van der Waals surface area contributed by atoms with Gasteiger partial charge in [0, 0.05) is 32.2 Å². The van der Waals surface area contributed by atoms with Crippen LogP contribution < -0.4 is 5.32 Å². The summed E-state index contributed by atoms with van der Waals surface area (Å²) < 4.78 is 5.43. The van der Waals surface area contributed by atoms with Crippen LogP contribution in [0.15, 0.2) is 0 Å². The van der Waals surface area contributed by atoms with Crippen LogP contribution in [0.3, 0.4) is 0 Å². The molecule has 1 aliphatic carbocycles. The maximum absolute atomic E-state index is 11.7. The smallest absolute Gasteiger partial charge is 0.222 e. The molecule has 0 aromatic rings. The van der Waals surface area contributed by atoms with E-state index >= 15 is 0 Å². The number of carbonyl (C=O) groups is 1. The predicted octanol–water partition coefficient (Wildman–Crippen LogP) is 1.65. The average molecular weight is 268 g/mol. The summed E-state index contributed by atoms with van der Waals surface area (Å²) in [5.41, 5.74) is 0. The van der Waals surface area contributed by atoms with Gasteiger partial charge in [-0.2, -0.15) is 0 Å². The van der Waals surface area contributed by atoms with Crippen molar-refractivity contribution in [3.05, 3.63) is 0 Å². The van der Waals surface area contributed by atoms with Crippen molar-refractivity contribution in [3.63, 3.8) is 0 Å². The molecule has 0 aromatic carbocycles. The molecule has 1 unspecified atom stereocenters. The Morgan fingerprint density at radius 1 is 1.37 bits per heavy atom. The van der Waals surface area contributed by atoms with Crippen LogP contribution in [-0.2, 0) is 9.53 Å². The number of amides is 1. The number of rotatable bonds is 8. The highest BCUT2D eigenvalue weighted by atomic mass is 16.5. The van der Waals surface area contributed by atoms with Crippen LogP contribution >= 0.6 is 0 Å². The minimum absolute atomic E-state index is 0.133. The Morgan fingerprint density at radius 2 is 2.16 bits per heavy atom. The molecule has 19 heavy (non-hydrogen) atoms. The first-order valence-electron chi connectivity index (χ1n) is 7.73. The Hall–Kier alpha value is -0.610. The van der Waals surface area contributed by atoms with E-state index in [1.807, 2.05) is 0 Å². The molecule has 2 rings (SSSR count). The monoisotopic (exact) mass is 268 g/mol. The van der Waals surface area contributed by atoms with Crippen molar-refractivity contribution in [2.75, 3.05) is 32.8 Å². The van der Waals surface area contributed by atoms with E-state index in [0.29, 0.717) is 24.9 Å². The fourth-order valence-corrected chi connectivity index (χ4v) is 2.63. The highest BCUT2D eigenvalue weighted by Crippen LogP contribution is 2.31. The third-order valence-corrected chi connectivity index (χ3v) is 3.89. The van der Waals surface area contributed by atoms with E-state index in [1.165, 1.54) is 32.4 Å². The summed E-state index contributed by atoms with van der Waals surface area (Å²) in [4.78, 5) is 14.3. The van der Waals surface area contributed by atoms with E-state index in [9.17, 15) is 4.79 Å². The van der Waals surface area contributed by atoms with Crippen LogP contribution in [0.5, 0.6) is 0 Å². The Labute approximate surface area is 116 Å². The molecule has 0 radical (unpaired) electrons. The van der Waals surface area contributed by atoms with Crippen LogP contribution in [0.25, 0.3) is 0 Å². The minimum atomic E-state index is 0.133. The summed E-state index contributed by atoms with van der Waals surface area (Å²) in [7, 11) is 0. The summed E-state index contributed by atoms with van der Waals surface area (Å²) in [6.07, 6.45) is 4.49. The Kier molecular flexibility index (Phi) is 5.64. The molecule has 0 aromatic heterocycles. The Morgan fingerprint density at radius 3 is 2.84 bits per heavy atom. The van der Waals surface area contributed by atoms with Gasteiger partial charge in [-0.3, -0.25) is 4.79 Å². The van der Waals surface area contributed by atoms with Crippen molar-refractivity contribution in [3.8, 4) is 0 Å². The van der Waals surface area contributed by atoms with Gasteiger partial charge in [0.05, 0.1) is 6.61 Å². The number of nitrogens with one attached hydrogen (secondary N) is 1. The van der Waals surface area contributed by atoms with Gasteiger partial charge >= 0.3 is 0 Å². The van der Waals surface area contributed by atoms with Crippen LogP contribution in [0.2, 0.25) is 0 Å². The summed E-state index contributed by atoms with van der Waals surface area (Å²) in [6, 6.07) is 0.866. The van der Waals surface area contributed by atoms with E-state index in [-0.39, 0.29) is 5.91 Å². The molecular weight excluding hydrogens is 240 g/mol. The van der Waals surface area contributed by atoms with Gasteiger partial charge in [-0.15, -0.1) is 0 Å². The average Bonchev–Trinajstić information content (AvgIpc) is 3.11. The van der Waals surface area contributed by atoms with Crippen molar-refractivity contribution >= 4 is 5.91 Å². The molecule has 2 aliphatic rings. The number of hydrogen-bond acceptors (Lipinski definition) is 3. The Balaban J connectivity index is 1.49. The van der Waals surface area contributed by atoms with Crippen LogP contribution in [-0.4, -0.2) is 49.7 Å². The lowest BCUT2D eigenvalue weighted by molar-refractivity contribution is -0.122. The third-order valence-electron chi connectivity index (χ3n) is 3.89. The van der Waals surface area contributed by atoms with Gasteiger partial charge in [0.15, 0.2) is 0 Å². The molecule has 4 heteroatoms. The molecule has 1 aliphatic heterocycles. The molecule has 1 amide bonds. The topological polar surface area (TPSA) is 41.6 Å². The van der Waals surface area contributed by atoms with E-state index in [2.05, 4.69) is 24.1 Å². The second-order valence-electron chi connectivity index (χ2n) is 6.40. The number of ether oxygens (including phenoxy) is 1. The normalized spacial score (nSPS) is 24.1. The lowest BCUT2D eigenvalue weighted by Crippen LogP contribution is -2.32. The van der Waals surface area contributed by atoms with Gasteiger partial charge in [-0.25, -0.2) is 0 Å². The van der Waals surface area contributed by atoms with Crippen LogP contribution in [0.1, 0.15) is 39.5 Å². The molecule has 0 spiro atoms. The second-order valence-corrected chi connectivity index (χ2v) is 6.40. The summed E-state index contributed by atoms with van der Waals surface area (Å²) in [6.45, 7) is 8.76. The second kappa shape index (κ2) is 7.25. The SMILES string of the molecule is CC(C)COCCC(=O)NCC1CCN(C2CC2)C1. The maximum atomic E-state index is 11.7. The first-order valence-corrected chi connectivity index (χ1v) is 7.73. The molecule has 1 saturated carbocycles. The van der Waals surface area contributed by atoms with Gasteiger partial charge in [-0.1, -0.05) is 13.8 Å². The number of nitrogens with zero attached hydrogens (tertiary/aromatic N) is 1. The molecule has 1 saturated heterocycles. The van der Waals surface area contributed by atoms with Crippen molar-refractivity contribution in [1.82, 2.24) is 10.2 Å². The zero-order chi connectivity index (χ0) is 13.7. The maximum Gasteiger partial charge on any atom is 0.222 e. The number of likely N-dealkylation sites (tertiary alicyclic amines) is 1. The van der Waals surface area contributed by atoms with Crippen LogP contribution in [0, 0.1) is 11.8 Å². The standard InChI is InChI=1S/C15H28N2O2/c1-12(2)11-19-8-6-15(18)16-9-13-5-7-17(10-13)14-3-4-14/h12-14H,3-11H2,1-2H3,(H,16,18). The van der Waals surface area contributed by atoms with Crippen molar-refractivity contribution in [2.24, 2.45) is 11.8 Å². The fourth-order valence-electron chi connectivity index (χ4n) is 2.63. The van der Waals surface area contributed by atoms with Gasteiger partial charge in [0.25, 0.3) is 0 Å². The molecule has 4 nitrogen and oxygen atoms in total. The molecule has 0 bridgehead atoms. The molecule has 1 N–H and O–H groups in total. The first-order chi connectivity index (χ1) is 9.15. The lowest BCUT2D eigenvalue weighted by atomic mass is 10.1. The third kappa shape index (κ3) is 5.49. The highest BCUT2D eigenvalue weighted by molar-refractivity contribution is 5.75. The Bertz CT molecular complexity index is 290. The summed E-state index contributed by atoms with van der Waals surface area (Å²) in [5, 5.41) is 3.05. The summed E-state index contributed by atoms with van der Waals surface area (Å²) in [5.74, 6) is 1.32. The van der Waals surface area contributed by atoms with E-state index in [4.69, 9.17) is 4.74 Å². The van der Waals surface area contributed by atoms with Gasteiger partial charge < -0.3 is 15.0 Å². The number of hydrogen-bond donors (Lipinski definition) is 1. The van der Waals surface area contributed by atoms with Gasteiger partial charge in [0.1, 0.15) is 0 Å². The van der Waals surface area contributed by atoms with E-state index in [1.54, 1.807) is 0 Å². The minimum Gasteiger partial charge on any atom is -0.381 e. The summed E-state index contributed by atoms with van der Waals surface area (Å²) >= 11 is 0. The molecule has 1 heterocycles. The van der Waals surface area contributed by atoms with Crippen molar-refractivity contribution in [1.29, 1.82) is 0 Å². The number of carbonyl (C=O) groups excluding carboxylic acids is 1. The first kappa shape index (κ1) is 14.8. The largest absolute Gasteiger partial charge is 0.381 e. The van der Waals surface area contributed by atoms with Crippen molar-refractivity contribution < 1.29 is 9.53 Å². The van der Waals surface area contributed by atoms with Crippen LogP contribution in [0.4, 0.5) is 0 Å². The molecule has 2 fully saturated rings. The highest BCUT2D eigenvalue weighted by Gasteiger charge is 2.34. The molecular formula is C15H28N2O2. The lowest BCUT2D eigenvalue weighted by Gasteiger charge is -2.15. The van der Waals surface area contributed by atoms with Gasteiger partial charge in [-0.05, 0) is 37.6 Å². The zero-order valence-electron chi connectivity index (χ0n) is 12.4. The quantitative estimate of drug-likeness (QED) is 0.681. The van der Waals surface area contributed by atoms with Gasteiger partial charge in [0.2, 0.25) is 5.91 Å². The fraction of sp³-hybridized carbons (Fsp3) is 0.933. The van der Waals surface area contributed by atoms with E-state index in [0.717, 1.165) is 19.2 Å². The molecule has 1 atom stereocenters. The zero-order valence-corrected chi connectivity index (χ0v) is 12.4. The predicted molar refractivity (Wildman–Crippen MR) is 76.0 cm³/mol. The van der Waals surface area contributed by atoms with Crippen molar-refractivity contribution in [2.45, 2.75) is 45.6 Å². The molecule has 110 valence electrons. The van der Waals surface area contributed by atoms with E-state index < -0.39 is 0 Å².